The van der Waals surface area contributed by atoms with Crippen LogP contribution in [0.25, 0.3) is 0 Å². The average molecular weight is 357 g/mol. The molecule has 0 bridgehead atoms. The van der Waals surface area contributed by atoms with Gasteiger partial charge in [0.15, 0.2) is 0 Å². The van der Waals surface area contributed by atoms with E-state index >= 15 is 0 Å². The van der Waals surface area contributed by atoms with Crippen molar-refractivity contribution < 1.29 is 9.53 Å². The van der Waals surface area contributed by atoms with Crippen LogP contribution in [-0.2, 0) is 4.74 Å². The molecule has 1 saturated carbocycles. The predicted octanol–water partition coefficient (Wildman–Crippen LogP) is 1.67. The number of piperidine rings is 1. The molecular formula is C19H27N5O2. The zero-order valence-corrected chi connectivity index (χ0v) is 15.4. The van der Waals surface area contributed by atoms with Gasteiger partial charge < -0.3 is 9.64 Å². The average Bonchev–Trinajstić information content (AvgIpc) is 3.42. The summed E-state index contributed by atoms with van der Waals surface area (Å²) in [6.07, 6.45) is 6.21. The second kappa shape index (κ2) is 6.08. The number of anilines is 1. The van der Waals surface area contributed by atoms with Gasteiger partial charge in [-0.3, -0.25) is 9.80 Å². The topological polar surface area (TPSA) is 61.8 Å². The van der Waals surface area contributed by atoms with Gasteiger partial charge in [0.05, 0.1) is 6.04 Å². The first-order valence-corrected chi connectivity index (χ1v) is 9.89. The van der Waals surface area contributed by atoms with Gasteiger partial charge in [-0.25, -0.2) is 14.8 Å². The van der Waals surface area contributed by atoms with Gasteiger partial charge in [-0.2, -0.15) is 0 Å². The molecule has 7 heteroatoms. The number of carbonyl (C=O) groups excluding carboxylic acids is 1. The Balaban J connectivity index is 1.30. The monoisotopic (exact) mass is 357 g/mol. The molecule has 26 heavy (non-hydrogen) atoms. The number of rotatable bonds is 3. The van der Waals surface area contributed by atoms with E-state index in [2.05, 4.69) is 19.8 Å². The molecule has 5 rings (SSSR count). The van der Waals surface area contributed by atoms with Crippen molar-refractivity contribution in [3.8, 4) is 0 Å². The fourth-order valence-electron chi connectivity index (χ4n) is 4.81. The van der Waals surface area contributed by atoms with E-state index in [0.717, 1.165) is 63.1 Å². The van der Waals surface area contributed by atoms with Gasteiger partial charge in [-0.15, -0.1) is 0 Å². The number of hydrogen-bond acceptors (Lipinski definition) is 6. The molecule has 1 amide bonds. The SMILES string of the molecule is Cc1nccc(N2CCC3(CC2)OC(=O)N2CCN(CC4CC4)CC23)n1. The normalized spacial score (nSPS) is 28.3. The van der Waals surface area contributed by atoms with E-state index in [4.69, 9.17) is 4.74 Å². The molecular weight excluding hydrogens is 330 g/mol. The number of nitrogens with zero attached hydrogens (tertiary/aromatic N) is 5. The highest BCUT2D eigenvalue weighted by atomic mass is 16.6. The van der Waals surface area contributed by atoms with Gasteiger partial charge in [-0.1, -0.05) is 0 Å². The van der Waals surface area contributed by atoms with Gasteiger partial charge in [-0.05, 0) is 31.7 Å². The molecule has 1 aliphatic carbocycles. The van der Waals surface area contributed by atoms with Crippen LogP contribution in [0.2, 0.25) is 0 Å². The summed E-state index contributed by atoms with van der Waals surface area (Å²) in [7, 11) is 0. The third-order valence-corrected chi connectivity index (χ3v) is 6.51. The van der Waals surface area contributed by atoms with Crippen LogP contribution in [0.15, 0.2) is 12.3 Å². The van der Waals surface area contributed by atoms with Gasteiger partial charge in [0.2, 0.25) is 0 Å². The molecule has 4 fully saturated rings. The number of hydrogen-bond donors (Lipinski definition) is 0. The van der Waals surface area contributed by atoms with Crippen LogP contribution in [0, 0.1) is 12.8 Å². The van der Waals surface area contributed by atoms with Crippen LogP contribution in [0.3, 0.4) is 0 Å². The van der Waals surface area contributed by atoms with E-state index in [1.165, 1.54) is 19.4 Å². The fraction of sp³-hybridized carbons (Fsp3) is 0.737. The van der Waals surface area contributed by atoms with Gasteiger partial charge >= 0.3 is 6.09 Å². The van der Waals surface area contributed by atoms with Crippen LogP contribution in [0.4, 0.5) is 10.6 Å². The minimum atomic E-state index is -0.322. The molecule has 1 atom stereocenters. The number of fused-ring (bicyclic) bond motifs is 2. The van der Waals surface area contributed by atoms with E-state index in [-0.39, 0.29) is 17.7 Å². The summed E-state index contributed by atoms with van der Waals surface area (Å²) in [6, 6.07) is 2.17. The van der Waals surface area contributed by atoms with E-state index in [0.29, 0.717) is 0 Å². The summed E-state index contributed by atoms with van der Waals surface area (Å²) in [4.78, 5) is 28.1. The van der Waals surface area contributed by atoms with Crippen molar-refractivity contribution >= 4 is 11.9 Å². The summed E-state index contributed by atoms with van der Waals surface area (Å²) in [5.41, 5.74) is -0.322. The Morgan fingerprint density at radius 1 is 1.23 bits per heavy atom. The second-order valence-electron chi connectivity index (χ2n) is 8.29. The summed E-state index contributed by atoms with van der Waals surface area (Å²) >= 11 is 0. The summed E-state index contributed by atoms with van der Waals surface area (Å²) < 4.78 is 6.01. The molecule has 4 aliphatic rings. The highest BCUT2D eigenvalue weighted by molar-refractivity contribution is 5.72. The third-order valence-electron chi connectivity index (χ3n) is 6.51. The fourth-order valence-corrected chi connectivity index (χ4v) is 4.81. The molecule has 1 aromatic rings. The summed E-state index contributed by atoms with van der Waals surface area (Å²) in [6.45, 7) is 7.63. The molecule has 3 saturated heterocycles. The van der Waals surface area contributed by atoms with Crippen molar-refractivity contribution in [3.63, 3.8) is 0 Å². The van der Waals surface area contributed by atoms with Crippen LogP contribution in [0.5, 0.6) is 0 Å². The lowest BCUT2D eigenvalue weighted by Gasteiger charge is -2.45. The largest absolute Gasteiger partial charge is 0.440 e. The molecule has 7 nitrogen and oxygen atoms in total. The molecule has 140 valence electrons. The van der Waals surface area contributed by atoms with Gasteiger partial charge in [0, 0.05) is 58.3 Å². The molecule has 4 heterocycles. The first-order chi connectivity index (χ1) is 12.6. The van der Waals surface area contributed by atoms with Crippen LogP contribution in [0.1, 0.15) is 31.5 Å². The highest BCUT2D eigenvalue weighted by Gasteiger charge is 2.56. The van der Waals surface area contributed by atoms with Crippen molar-refractivity contribution in [1.29, 1.82) is 0 Å². The molecule has 1 aromatic heterocycles. The smallest absolute Gasteiger partial charge is 0.410 e. The lowest BCUT2D eigenvalue weighted by molar-refractivity contribution is -0.00571. The van der Waals surface area contributed by atoms with Crippen LogP contribution < -0.4 is 4.90 Å². The van der Waals surface area contributed by atoms with Crippen LogP contribution >= 0.6 is 0 Å². The zero-order chi connectivity index (χ0) is 17.7. The molecule has 1 spiro atoms. The third kappa shape index (κ3) is 2.82. The Bertz CT molecular complexity index is 699. The minimum absolute atomic E-state index is 0.104. The van der Waals surface area contributed by atoms with Gasteiger partial charge in [0.25, 0.3) is 0 Å². The Morgan fingerprint density at radius 3 is 2.77 bits per heavy atom. The van der Waals surface area contributed by atoms with Crippen molar-refractivity contribution in [2.45, 2.75) is 44.2 Å². The highest BCUT2D eigenvalue weighted by Crippen LogP contribution is 2.41. The zero-order valence-electron chi connectivity index (χ0n) is 15.4. The van der Waals surface area contributed by atoms with Crippen LogP contribution in [-0.4, -0.2) is 76.8 Å². The summed E-state index contributed by atoms with van der Waals surface area (Å²) in [5, 5.41) is 0. The Kier molecular flexibility index (Phi) is 3.81. The van der Waals surface area contributed by atoms with Crippen molar-refractivity contribution in [2.24, 2.45) is 5.92 Å². The first-order valence-electron chi connectivity index (χ1n) is 9.89. The maximum absolute atomic E-state index is 12.5. The summed E-state index contributed by atoms with van der Waals surface area (Å²) in [5.74, 6) is 2.66. The first kappa shape index (κ1) is 16.3. The predicted molar refractivity (Wildman–Crippen MR) is 97.1 cm³/mol. The maximum atomic E-state index is 12.5. The number of amides is 1. The standard InChI is InChI=1S/C19H27N5O2/c1-14-20-7-4-17(21-14)23-8-5-19(6-9-23)16-13-22(12-15-2-3-15)10-11-24(16)18(25)26-19/h4,7,15-16H,2-3,5-6,8-13H2,1H3. The second-order valence-corrected chi connectivity index (χ2v) is 8.29. The van der Waals surface area contributed by atoms with Crippen molar-refractivity contribution in [1.82, 2.24) is 19.8 Å². The number of ether oxygens (including phenoxy) is 1. The Morgan fingerprint density at radius 2 is 2.04 bits per heavy atom. The number of aryl methyl sites for hydroxylation is 1. The number of aromatic nitrogens is 2. The molecule has 0 aromatic carbocycles. The van der Waals surface area contributed by atoms with E-state index in [1.807, 2.05) is 24.1 Å². The van der Waals surface area contributed by atoms with E-state index in [1.54, 1.807) is 0 Å². The maximum Gasteiger partial charge on any atom is 0.410 e. The quantitative estimate of drug-likeness (QED) is 0.820. The Hall–Kier alpha value is -1.89. The van der Waals surface area contributed by atoms with E-state index < -0.39 is 0 Å². The lowest BCUT2D eigenvalue weighted by atomic mass is 9.83. The number of carbonyl (C=O) groups is 1. The van der Waals surface area contributed by atoms with Gasteiger partial charge in [0.1, 0.15) is 17.2 Å². The Labute approximate surface area is 154 Å². The number of piperazine rings is 1. The van der Waals surface area contributed by atoms with Crippen molar-refractivity contribution in [3.05, 3.63) is 18.1 Å². The lowest BCUT2D eigenvalue weighted by Crippen LogP contribution is -2.60. The molecule has 0 radical (unpaired) electrons. The molecule has 0 N–H and O–H groups in total. The van der Waals surface area contributed by atoms with E-state index in [9.17, 15) is 4.79 Å². The molecule has 3 aliphatic heterocycles. The van der Waals surface area contributed by atoms with Crippen molar-refractivity contribution in [2.75, 3.05) is 44.2 Å². The molecule has 1 unspecified atom stereocenters. The minimum Gasteiger partial charge on any atom is -0.440 e.